The number of carbonyl (C=O) groups excluding carboxylic acids is 2. The number of esters is 1. The number of hydrogen-bond donors (Lipinski definition) is 1. The van der Waals surface area contributed by atoms with Gasteiger partial charge in [-0.2, -0.15) is 11.3 Å². The zero-order valence-electron chi connectivity index (χ0n) is 11.8. The van der Waals surface area contributed by atoms with Crippen LogP contribution in [-0.4, -0.2) is 19.0 Å². The van der Waals surface area contributed by atoms with Crippen molar-refractivity contribution in [2.75, 3.05) is 12.4 Å². The lowest BCUT2D eigenvalue weighted by Gasteiger charge is -2.08. The predicted molar refractivity (Wildman–Crippen MR) is 84.5 cm³/mol. The minimum atomic E-state index is -0.431. The van der Waals surface area contributed by atoms with E-state index in [0.29, 0.717) is 11.3 Å². The van der Waals surface area contributed by atoms with E-state index in [9.17, 15) is 9.59 Å². The Hall–Kier alpha value is -2.40. The highest BCUT2D eigenvalue weighted by molar-refractivity contribution is 7.08. The summed E-state index contributed by atoms with van der Waals surface area (Å²) >= 11 is 1.57. The second-order valence-electron chi connectivity index (χ2n) is 4.40. The van der Waals surface area contributed by atoms with Gasteiger partial charge in [0.2, 0.25) is 5.91 Å². The van der Waals surface area contributed by atoms with Crippen LogP contribution in [0.15, 0.2) is 41.1 Å². The van der Waals surface area contributed by atoms with Crippen molar-refractivity contribution in [2.24, 2.45) is 0 Å². The molecule has 2 aromatic rings. The van der Waals surface area contributed by atoms with Crippen LogP contribution >= 0.6 is 11.3 Å². The van der Waals surface area contributed by atoms with Crippen LogP contribution in [0.3, 0.4) is 0 Å². The highest BCUT2D eigenvalue weighted by atomic mass is 32.1. The molecular formula is C16H15NO3S. The van der Waals surface area contributed by atoms with Crippen molar-refractivity contribution in [1.82, 2.24) is 0 Å². The lowest BCUT2D eigenvalue weighted by Crippen LogP contribution is -2.10. The van der Waals surface area contributed by atoms with Gasteiger partial charge < -0.3 is 10.1 Å². The molecule has 0 aliphatic rings. The number of methoxy groups -OCH3 is 1. The molecule has 0 spiro atoms. The molecule has 0 unspecified atom stereocenters. The van der Waals surface area contributed by atoms with Crippen LogP contribution in [0.2, 0.25) is 0 Å². The number of rotatable bonds is 4. The molecule has 1 amide bonds. The third-order valence-electron chi connectivity index (χ3n) is 2.89. The largest absolute Gasteiger partial charge is 0.465 e. The SMILES string of the molecule is COC(=O)c1ccc(C)c(NC(=O)/C=C/c2ccsc2)c1. The first-order chi connectivity index (χ1) is 10.1. The maximum Gasteiger partial charge on any atom is 0.337 e. The van der Waals surface area contributed by atoms with Gasteiger partial charge in [-0.15, -0.1) is 0 Å². The summed E-state index contributed by atoms with van der Waals surface area (Å²) in [6, 6.07) is 6.97. The number of aryl methyl sites for hydroxylation is 1. The molecule has 0 saturated carbocycles. The highest BCUT2D eigenvalue weighted by Gasteiger charge is 2.09. The zero-order valence-corrected chi connectivity index (χ0v) is 12.6. The number of hydrogen-bond acceptors (Lipinski definition) is 4. The number of anilines is 1. The van der Waals surface area contributed by atoms with Crippen molar-refractivity contribution in [3.63, 3.8) is 0 Å². The van der Waals surface area contributed by atoms with Gasteiger partial charge in [0.1, 0.15) is 0 Å². The van der Waals surface area contributed by atoms with Crippen molar-refractivity contribution in [3.05, 3.63) is 57.8 Å². The molecule has 1 aromatic heterocycles. The van der Waals surface area contributed by atoms with Gasteiger partial charge in [-0.1, -0.05) is 6.07 Å². The van der Waals surface area contributed by atoms with E-state index in [2.05, 4.69) is 10.1 Å². The lowest BCUT2D eigenvalue weighted by molar-refractivity contribution is -0.111. The number of thiophene rings is 1. The van der Waals surface area contributed by atoms with Crippen LogP contribution < -0.4 is 5.32 Å². The second-order valence-corrected chi connectivity index (χ2v) is 5.18. The topological polar surface area (TPSA) is 55.4 Å². The van der Waals surface area contributed by atoms with Gasteiger partial charge in [-0.3, -0.25) is 4.79 Å². The fourth-order valence-corrected chi connectivity index (χ4v) is 2.35. The molecule has 1 aromatic carbocycles. The molecule has 0 saturated heterocycles. The monoisotopic (exact) mass is 301 g/mol. The summed E-state index contributed by atoms with van der Waals surface area (Å²) in [4.78, 5) is 23.4. The van der Waals surface area contributed by atoms with Crippen LogP contribution in [-0.2, 0) is 9.53 Å². The summed E-state index contributed by atoms with van der Waals surface area (Å²) in [5, 5.41) is 6.66. The Morgan fingerprint density at radius 1 is 1.29 bits per heavy atom. The fourth-order valence-electron chi connectivity index (χ4n) is 1.72. The Morgan fingerprint density at radius 3 is 2.76 bits per heavy atom. The predicted octanol–water partition coefficient (Wildman–Crippen LogP) is 3.50. The molecule has 4 nitrogen and oxygen atoms in total. The summed E-state index contributed by atoms with van der Waals surface area (Å²) in [6.07, 6.45) is 3.21. The lowest BCUT2D eigenvalue weighted by atomic mass is 10.1. The molecule has 0 atom stereocenters. The van der Waals surface area contributed by atoms with Crippen LogP contribution in [0.1, 0.15) is 21.5 Å². The summed E-state index contributed by atoms with van der Waals surface area (Å²) in [6.45, 7) is 1.86. The molecule has 108 valence electrons. The Morgan fingerprint density at radius 2 is 2.10 bits per heavy atom. The molecule has 0 fully saturated rings. The molecule has 1 N–H and O–H groups in total. The molecule has 0 radical (unpaired) electrons. The van der Waals surface area contributed by atoms with Crippen molar-refractivity contribution < 1.29 is 14.3 Å². The molecule has 0 aliphatic carbocycles. The Labute approximate surface area is 127 Å². The van der Waals surface area contributed by atoms with E-state index in [1.54, 1.807) is 35.6 Å². The highest BCUT2D eigenvalue weighted by Crippen LogP contribution is 2.18. The molecule has 2 rings (SSSR count). The second kappa shape index (κ2) is 6.85. The maximum absolute atomic E-state index is 11.9. The number of ether oxygens (including phenoxy) is 1. The summed E-state index contributed by atoms with van der Waals surface area (Å²) < 4.78 is 4.67. The van der Waals surface area contributed by atoms with Crippen LogP contribution in [0.5, 0.6) is 0 Å². The van der Waals surface area contributed by atoms with Gasteiger partial charge in [0.25, 0.3) is 0 Å². The van der Waals surface area contributed by atoms with E-state index in [-0.39, 0.29) is 5.91 Å². The van der Waals surface area contributed by atoms with Crippen LogP contribution in [0.25, 0.3) is 6.08 Å². The maximum atomic E-state index is 11.9. The average molecular weight is 301 g/mol. The molecule has 0 aliphatic heterocycles. The van der Waals surface area contributed by atoms with E-state index in [1.807, 2.05) is 23.8 Å². The van der Waals surface area contributed by atoms with E-state index < -0.39 is 5.97 Å². The van der Waals surface area contributed by atoms with E-state index in [1.165, 1.54) is 13.2 Å². The quantitative estimate of drug-likeness (QED) is 0.694. The average Bonchev–Trinajstić information content (AvgIpc) is 3.00. The van der Waals surface area contributed by atoms with Crippen LogP contribution in [0.4, 0.5) is 5.69 Å². The first-order valence-electron chi connectivity index (χ1n) is 6.30. The van der Waals surface area contributed by atoms with E-state index in [4.69, 9.17) is 0 Å². The van der Waals surface area contributed by atoms with Gasteiger partial charge in [-0.05, 0) is 53.1 Å². The first kappa shape index (κ1) is 15.0. The number of nitrogens with one attached hydrogen (secondary N) is 1. The van der Waals surface area contributed by atoms with Crippen molar-refractivity contribution >= 4 is 35.0 Å². The third kappa shape index (κ3) is 4.03. The number of carbonyl (C=O) groups is 2. The summed E-state index contributed by atoms with van der Waals surface area (Å²) in [7, 11) is 1.32. The van der Waals surface area contributed by atoms with Gasteiger partial charge in [0, 0.05) is 11.8 Å². The first-order valence-corrected chi connectivity index (χ1v) is 7.24. The fraction of sp³-hybridized carbons (Fsp3) is 0.125. The molecular weight excluding hydrogens is 286 g/mol. The van der Waals surface area contributed by atoms with Gasteiger partial charge in [0.15, 0.2) is 0 Å². The van der Waals surface area contributed by atoms with Crippen molar-refractivity contribution in [3.8, 4) is 0 Å². The Bertz CT molecular complexity index is 675. The smallest absolute Gasteiger partial charge is 0.337 e. The molecule has 0 bridgehead atoms. The van der Waals surface area contributed by atoms with E-state index >= 15 is 0 Å². The van der Waals surface area contributed by atoms with Gasteiger partial charge in [-0.25, -0.2) is 4.79 Å². The minimum Gasteiger partial charge on any atom is -0.465 e. The number of amides is 1. The Balaban J connectivity index is 2.11. The third-order valence-corrected chi connectivity index (χ3v) is 3.59. The Kier molecular flexibility index (Phi) is 4.90. The standard InChI is InChI=1S/C16H15NO3S/c1-11-3-5-13(16(19)20-2)9-14(11)17-15(18)6-4-12-7-8-21-10-12/h3-10H,1-2H3,(H,17,18)/b6-4+. The van der Waals surface area contributed by atoms with Crippen molar-refractivity contribution in [2.45, 2.75) is 6.92 Å². The van der Waals surface area contributed by atoms with Crippen molar-refractivity contribution in [1.29, 1.82) is 0 Å². The summed E-state index contributed by atoms with van der Waals surface area (Å²) in [5.74, 6) is -0.675. The van der Waals surface area contributed by atoms with Crippen LogP contribution in [0, 0.1) is 6.92 Å². The normalized spacial score (nSPS) is 10.6. The molecule has 21 heavy (non-hydrogen) atoms. The molecule has 1 heterocycles. The van der Waals surface area contributed by atoms with Gasteiger partial charge in [0.05, 0.1) is 12.7 Å². The number of benzene rings is 1. The van der Waals surface area contributed by atoms with Gasteiger partial charge >= 0.3 is 5.97 Å². The van der Waals surface area contributed by atoms with E-state index in [0.717, 1.165) is 11.1 Å². The minimum absolute atomic E-state index is 0.244. The molecule has 5 heteroatoms. The summed E-state index contributed by atoms with van der Waals surface area (Å²) in [5.41, 5.74) is 2.85. The zero-order chi connectivity index (χ0) is 15.2.